The molecule has 2 aromatic carbocycles. The van der Waals surface area contributed by atoms with Gasteiger partial charge in [-0.1, -0.05) is 0 Å². The number of sulfone groups is 1. The predicted octanol–water partition coefficient (Wildman–Crippen LogP) is 3.64. The van der Waals surface area contributed by atoms with E-state index in [1.807, 2.05) is 27.7 Å². The Labute approximate surface area is 157 Å². The molecule has 27 heavy (non-hydrogen) atoms. The molecule has 0 saturated carbocycles. The molecule has 7 heteroatoms. The third kappa shape index (κ3) is 2.94. The highest BCUT2D eigenvalue weighted by Gasteiger charge is 2.20. The van der Waals surface area contributed by atoms with Crippen molar-refractivity contribution in [3.05, 3.63) is 59.2 Å². The van der Waals surface area contributed by atoms with Crippen LogP contribution in [-0.2, 0) is 9.84 Å². The minimum absolute atomic E-state index is 0.184. The van der Waals surface area contributed by atoms with E-state index in [-0.39, 0.29) is 9.79 Å². The molecule has 0 unspecified atom stereocenters. The average molecular weight is 378 g/mol. The van der Waals surface area contributed by atoms with Gasteiger partial charge in [0, 0.05) is 0 Å². The Bertz CT molecular complexity index is 1230. The highest BCUT2D eigenvalue weighted by molar-refractivity contribution is 7.91. The van der Waals surface area contributed by atoms with Crippen molar-refractivity contribution < 1.29 is 8.42 Å². The lowest BCUT2D eigenvalue weighted by atomic mass is 10.2. The van der Waals surface area contributed by atoms with Crippen LogP contribution in [0.3, 0.4) is 0 Å². The number of benzene rings is 2. The molecule has 0 saturated heterocycles. The van der Waals surface area contributed by atoms with E-state index in [0.717, 1.165) is 22.8 Å². The van der Waals surface area contributed by atoms with Crippen molar-refractivity contribution >= 4 is 31.9 Å². The molecule has 2 heterocycles. The summed E-state index contributed by atoms with van der Waals surface area (Å²) >= 11 is 0. The fourth-order valence-electron chi connectivity index (χ4n) is 2.89. The van der Waals surface area contributed by atoms with Crippen molar-refractivity contribution in [2.45, 2.75) is 37.5 Å². The van der Waals surface area contributed by atoms with Crippen LogP contribution in [0.5, 0.6) is 0 Å². The lowest BCUT2D eigenvalue weighted by molar-refractivity contribution is 0.596. The zero-order valence-corrected chi connectivity index (χ0v) is 16.3. The number of hydrogen-bond acceptors (Lipinski definition) is 6. The second kappa shape index (κ2) is 6.06. The zero-order chi connectivity index (χ0) is 19.3. The summed E-state index contributed by atoms with van der Waals surface area (Å²) in [5, 5.41) is 0. The Morgan fingerprint density at radius 2 is 0.889 bits per heavy atom. The Morgan fingerprint density at radius 3 is 1.26 bits per heavy atom. The maximum Gasteiger partial charge on any atom is 0.206 e. The molecular formula is C20H18N4O2S. The summed E-state index contributed by atoms with van der Waals surface area (Å²) in [5.41, 5.74) is 5.69. The average Bonchev–Trinajstić information content (AvgIpc) is 2.62. The number of rotatable bonds is 2. The van der Waals surface area contributed by atoms with E-state index in [2.05, 4.69) is 19.9 Å². The minimum atomic E-state index is -3.70. The lowest BCUT2D eigenvalue weighted by Gasteiger charge is -2.08. The fourth-order valence-corrected chi connectivity index (χ4v) is 4.19. The molecule has 0 aliphatic rings. The monoisotopic (exact) mass is 378 g/mol. The van der Waals surface area contributed by atoms with Crippen LogP contribution in [0.4, 0.5) is 0 Å². The highest BCUT2D eigenvalue weighted by atomic mass is 32.2. The molecule has 0 amide bonds. The second-order valence-electron chi connectivity index (χ2n) is 6.59. The van der Waals surface area contributed by atoms with Crippen molar-refractivity contribution in [2.75, 3.05) is 0 Å². The smallest absolute Gasteiger partial charge is 0.206 e. The van der Waals surface area contributed by atoms with Gasteiger partial charge in [-0.05, 0) is 64.1 Å². The van der Waals surface area contributed by atoms with Crippen LogP contribution in [0, 0.1) is 27.7 Å². The first-order chi connectivity index (χ1) is 12.8. The van der Waals surface area contributed by atoms with Gasteiger partial charge in [-0.15, -0.1) is 0 Å². The summed E-state index contributed by atoms with van der Waals surface area (Å²) in [4.78, 5) is 18.2. The fraction of sp³-hybridized carbons (Fsp3) is 0.200. The molecule has 0 spiro atoms. The molecule has 0 bridgehead atoms. The van der Waals surface area contributed by atoms with Crippen LogP contribution >= 0.6 is 0 Å². The third-order valence-corrected chi connectivity index (χ3v) is 6.46. The lowest BCUT2D eigenvalue weighted by Crippen LogP contribution is -2.04. The molecule has 136 valence electrons. The van der Waals surface area contributed by atoms with Gasteiger partial charge >= 0.3 is 0 Å². The summed E-state index contributed by atoms with van der Waals surface area (Å²) in [6.45, 7) is 7.48. The van der Waals surface area contributed by atoms with E-state index >= 15 is 0 Å². The molecule has 0 fully saturated rings. The van der Waals surface area contributed by atoms with Gasteiger partial charge in [0.25, 0.3) is 0 Å². The minimum Gasteiger partial charge on any atom is -0.250 e. The van der Waals surface area contributed by atoms with Gasteiger partial charge in [-0.3, -0.25) is 0 Å². The van der Waals surface area contributed by atoms with Crippen LogP contribution in [-0.4, -0.2) is 28.4 Å². The zero-order valence-electron chi connectivity index (χ0n) is 15.5. The van der Waals surface area contributed by atoms with Gasteiger partial charge in [0.2, 0.25) is 9.84 Å². The second-order valence-corrected chi connectivity index (χ2v) is 8.54. The van der Waals surface area contributed by atoms with E-state index in [4.69, 9.17) is 0 Å². The van der Waals surface area contributed by atoms with E-state index in [1.54, 1.807) is 36.4 Å². The van der Waals surface area contributed by atoms with Crippen LogP contribution in [0.15, 0.2) is 46.2 Å². The Kier molecular flexibility index (Phi) is 3.92. The van der Waals surface area contributed by atoms with Gasteiger partial charge in [-0.2, -0.15) is 0 Å². The predicted molar refractivity (Wildman–Crippen MR) is 103 cm³/mol. The molecule has 0 aliphatic heterocycles. The summed E-state index contributed by atoms with van der Waals surface area (Å²) < 4.78 is 26.3. The number of fused-ring (bicyclic) bond motifs is 2. The Hall–Kier alpha value is -2.93. The molecule has 0 aliphatic carbocycles. The summed E-state index contributed by atoms with van der Waals surface area (Å²) in [7, 11) is -3.70. The van der Waals surface area contributed by atoms with Crippen LogP contribution in [0.2, 0.25) is 0 Å². The quantitative estimate of drug-likeness (QED) is 0.529. The molecule has 6 nitrogen and oxygen atoms in total. The first-order valence-corrected chi connectivity index (χ1v) is 9.99. The standard InChI is InChI=1S/C20H18N4O2S/c1-11-13(3)23-19-9-15(5-7-17(19)21-11)27(25,26)16-6-8-18-20(10-16)24-14(4)12(2)22-18/h5-10H,1-4H3. The van der Waals surface area contributed by atoms with E-state index in [0.29, 0.717) is 22.1 Å². The Morgan fingerprint density at radius 1 is 0.556 bits per heavy atom. The van der Waals surface area contributed by atoms with Gasteiger partial charge in [0.15, 0.2) is 0 Å². The number of aryl methyl sites for hydroxylation is 4. The normalized spacial score (nSPS) is 12.0. The number of aromatic nitrogens is 4. The maximum absolute atomic E-state index is 13.1. The van der Waals surface area contributed by atoms with E-state index < -0.39 is 9.84 Å². The van der Waals surface area contributed by atoms with Crippen molar-refractivity contribution in [2.24, 2.45) is 0 Å². The molecule has 0 radical (unpaired) electrons. The van der Waals surface area contributed by atoms with Crippen LogP contribution in [0.25, 0.3) is 22.1 Å². The number of hydrogen-bond donors (Lipinski definition) is 0. The molecule has 0 atom stereocenters. The number of nitrogens with zero attached hydrogens (tertiary/aromatic N) is 4. The summed E-state index contributed by atoms with van der Waals surface area (Å²) in [6.07, 6.45) is 0. The highest BCUT2D eigenvalue weighted by Crippen LogP contribution is 2.26. The first kappa shape index (κ1) is 17.5. The first-order valence-electron chi connectivity index (χ1n) is 8.51. The molecule has 4 aromatic rings. The van der Waals surface area contributed by atoms with Gasteiger partial charge in [-0.25, -0.2) is 28.4 Å². The van der Waals surface area contributed by atoms with Gasteiger partial charge < -0.3 is 0 Å². The maximum atomic E-state index is 13.1. The van der Waals surface area contributed by atoms with E-state index in [1.165, 1.54) is 0 Å². The SMILES string of the molecule is Cc1nc2ccc(S(=O)(=O)c3ccc4nc(C)c(C)nc4c3)cc2nc1C. The molecule has 4 rings (SSSR count). The van der Waals surface area contributed by atoms with E-state index in [9.17, 15) is 8.42 Å². The topological polar surface area (TPSA) is 85.7 Å². The Balaban J connectivity index is 1.87. The third-order valence-electron chi connectivity index (χ3n) is 4.71. The van der Waals surface area contributed by atoms with Crippen molar-refractivity contribution in [1.82, 2.24) is 19.9 Å². The summed E-state index contributed by atoms with van der Waals surface area (Å²) in [6, 6.07) is 9.65. The molecule has 0 N–H and O–H groups in total. The van der Waals surface area contributed by atoms with Gasteiger partial charge in [0.1, 0.15) is 0 Å². The largest absolute Gasteiger partial charge is 0.250 e. The molecule has 2 aromatic heterocycles. The summed E-state index contributed by atoms with van der Waals surface area (Å²) in [5.74, 6) is 0. The van der Waals surface area contributed by atoms with Crippen LogP contribution < -0.4 is 0 Å². The van der Waals surface area contributed by atoms with Gasteiger partial charge in [0.05, 0.1) is 54.6 Å². The molecular weight excluding hydrogens is 360 g/mol. The van der Waals surface area contributed by atoms with Crippen LogP contribution in [0.1, 0.15) is 22.8 Å². The van der Waals surface area contributed by atoms with Crippen molar-refractivity contribution in [1.29, 1.82) is 0 Å². The van der Waals surface area contributed by atoms with Crippen molar-refractivity contribution in [3.63, 3.8) is 0 Å². The van der Waals surface area contributed by atoms with Crippen molar-refractivity contribution in [3.8, 4) is 0 Å².